The van der Waals surface area contributed by atoms with Crippen molar-refractivity contribution in [2.45, 2.75) is 26.7 Å². The molecule has 0 saturated heterocycles. The summed E-state index contributed by atoms with van der Waals surface area (Å²) >= 11 is 0. The Labute approximate surface area is 112 Å². The molecule has 1 amide bonds. The summed E-state index contributed by atoms with van der Waals surface area (Å²) in [6.07, 6.45) is 1.26. The molecule has 0 atom stereocenters. The Morgan fingerprint density at radius 3 is 2.58 bits per heavy atom. The van der Waals surface area contributed by atoms with Crippen molar-refractivity contribution in [3.8, 4) is 5.75 Å². The number of carbonyl (C=O) groups is 2. The fraction of sp³-hybridized carbons (Fsp3) is 0.429. The number of anilines is 1. The van der Waals surface area contributed by atoms with Gasteiger partial charge in [-0.15, -0.1) is 0 Å². The predicted octanol–water partition coefficient (Wildman–Crippen LogP) is 2.77. The predicted molar refractivity (Wildman–Crippen MR) is 72.7 cm³/mol. The number of carbonyl (C=O) groups excluding carboxylic acids is 1. The molecule has 0 spiro atoms. The number of methoxy groups -OCH3 is 1. The summed E-state index contributed by atoms with van der Waals surface area (Å²) < 4.78 is 4.99. The van der Waals surface area contributed by atoms with Gasteiger partial charge in [-0.2, -0.15) is 0 Å². The number of benzene rings is 1. The number of carboxylic acid groups (broad SMARTS) is 1. The van der Waals surface area contributed by atoms with Gasteiger partial charge in [0.25, 0.3) is 0 Å². The number of ether oxygens (including phenoxy) is 1. The molecule has 0 aliphatic rings. The minimum atomic E-state index is -1.06. The molecule has 2 N–H and O–H groups in total. The van der Waals surface area contributed by atoms with E-state index in [9.17, 15) is 9.59 Å². The lowest BCUT2D eigenvalue weighted by Gasteiger charge is -2.10. The summed E-state index contributed by atoms with van der Waals surface area (Å²) in [4.78, 5) is 22.6. The molecule has 5 heteroatoms. The molecule has 1 aromatic rings. The Hall–Kier alpha value is -2.04. The van der Waals surface area contributed by atoms with Gasteiger partial charge in [0.15, 0.2) is 0 Å². The van der Waals surface area contributed by atoms with Gasteiger partial charge in [-0.05, 0) is 24.5 Å². The highest BCUT2D eigenvalue weighted by Gasteiger charge is 2.12. The van der Waals surface area contributed by atoms with Crippen LogP contribution in [0.1, 0.15) is 37.0 Å². The molecule has 0 bridgehead atoms. The van der Waals surface area contributed by atoms with Gasteiger partial charge >= 0.3 is 5.97 Å². The van der Waals surface area contributed by atoms with E-state index in [-0.39, 0.29) is 17.2 Å². The number of amides is 1. The summed E-state index contributed by atoms with van der Waals surface area (Å²) in [7, 11) is 1.39. The van der Waals surface area contributed by atoms with Crippen LogP contribution in [0.15, 0.2) is 18.2 Å². The molecule has 0 fully saturated rings. The zero-order chi connectivity index (χ0) is 14.4. The average Bonchev–Trinajstić information content (AvgIpc) is 2.35. The van der Waals surface area contributed by atoms with Gasteiger partial charge in [0.05, 0.1) is 7.11 Å². The van der Waals surface area contributed by atoms with Gasteiger partial charge < -0.3 is 15.2 Å². The van der Waals surface area contributed by atoms with Gasteiger partial charge in [0.1, 0.15) is 11.3 Å². The van der Waals surface area contributed by atoms with Crippen molar-refractivity contribution in [3.63, 3.8) is 0 Å². The van der Waals surface area contributed by atoms with Crippen LogP contribution >= 0.6 is 0 Å². The minimum Gasteiger partial charge on any atom is -0.496 e. The van der Waals surface area contributed by atoms with E-state index >= 15 is 0 Å². The van der Waals surface area contributed by atoms with Crippen molar-refractivity contribution in [2.75, 3.05) is 12.4 Å². The maximum Gasteiger partial charge on any atom is 0.339 e. The second-order valence-electron chi connectivity index (χ2n) is 4.70. The molecule has 1 rings (SSSR count). The van der Waals surface area contributed by atoms with E-state index < -0.39 is 5.97 Å². The van der Waals surface area contributed by atoms with Crippen molar-refractivity contribution in [1.82, 2.24) is 0 Å². The van der Waals surface area contributed by atoms with Crippen LogP contribution in [-0.4, -0.2) is 24.1 Å². The van der Waals surface area contributed by atoms with Crippen molar-refractivity contribution < 1.29 is 19.4 Å². The molecule has 5 nitrogen and oxygen atoms in total. The Balaban J connectivity index is 2.74. The van der Waals surface area contributed by atoms with E-state index in [1.807, 2.05) is 0 Å². The van der Waals surface area contributed by atoms with Crippen molar-refractivity contribution in [3.05, 3.63) is 23.8 Å². The summed E-state index contributed by atoms with van der Waals surface area (Å²) in [6, 6.07) is 4.48. The standard InChI is InChI=1S/C14H19NO4/c1-9(2)4-7-13(16)15-10-5-6-11(14(17)18)12(8-10)19-3/h5-6,8-9H,4,7H2,1-3H3,(H,15,16)(H,17,18). The normalized spacial score (nSPS) is 10.3. The number of hydrogen-bond donors (Lipinski definition) is 2. The second kappa shape index (κ2) is 6.78. The minimum absolute atomic E-state index is 0.0719. The Bertz CT molecular complexity index is 469. The highest BCUT2D eigenvalue weighted by molar-refractivity contribution is 5.94. The highest BCUT2D eigenvalue weighted by Crippen LogP contribution is 2.23. The fourth-order valence-electron chi connectivity index (χ4n) is 1.59. The van der Waals surface area contributed by atoms with Gasteiger partial charge in [0.2, 0.25) is 5.91 Å². The van der Waals surface area contributed by atoms with E-state index in [0.717, 1.165) is 6.42 Å². The number of nitrogens with one attached hydrogen (secondary N) is 1. The Morgan fingerprint density at radius 1 is 1.37 bits per heavy atom. The summed E-state index contributed by atoms with van der Waals surface area (Å²) in [6.45, 7) is 4.11. The molecular weight excluding hydrogens is 246 g/mol. The maximum absolute atomic E-state index is 11.7. The number of carboxylic acids is 1. The molecule has 0 aliphatic heterocycles. The van der Waals surface area contributed by atoms with Crippen LogP contribution in [0.4, 0.5) is 5.69 Å². The molecule has 104 valence electrons. The third-order valence-corrected chi connectivity index (χ3v) is 2.66. The van der Waals surface area contributed by atoms with Gasteiger partial charge in [-0.3, -0.25) is 4.79 Å². The summed E-state index contributed by atoms with van der Waals surface area (Å²) in [5, 5.41) is 11.7. The van der Waals surface area contributed by atoms with Crippen molar-refractivity contribution in [2.24, 2.45) is 5.92 Å². The first-order valence-corrected chi connectivity index (χ1v) is 6.15. The summed E-state index contributed by atoms with van der Waals surface area (Å²) in [5.74, 6) is -0.447. The third-order valence-electron chi connectivity index (χ3n) is 2.66. The van der Waals surface area contributed by atoms with Crippen LogP contribution < -0.4 is 10.1 Å². The van der Waals surface area contributed by atoms with Gasteiger partial charge in [-0.25, -0.2) is 4.79 Å². The van der Waals surface area contributed by atoms with E-state index in [1.165, 1.54) is 19.2 Å². The summed E-state index contributed by atoms with van der Waals surface area (Å²) in [5.41, 5.74) is 0.610. The highest BCUT2D eigenvalue weighted by atomic mass is 16.5. The van der Waals surface area contributed by atoms with E-state index in [0.29, 0.717) is 18.0 Å². The van der Waals surface area contributed by atoms with Crippen LogP contribution in [0, 0.1) is 5.92 Å². The first-order valence-electron chi connectivity index (χ1n) is 6.15. The largest absolute Gasteiger partial charge is 0.496 e. The van der Waals surface area contributed by atoms with E-state index in [2.05, 4.69) is 19.2 Å². The quantitative estimate of drug-likeness (QED) is 0.829. The topological polar surface area (TPSA) is 75.6 Å². The van der Waals surface area contributed by atoms with Crippen LogP contribution in [0.5, 0.6) is 5.75 Å². The molecular formula is C14H19NO4. The average molecular weight is 265 g/mol. The maximum atomic E-state index is 11.7. The van der Waals surface area contributed by atoms with Crippen LogP contribution in [0.2, 0.25) is 0 Å². The second-order valence-corrected chi connectivity index (χ2v) is 4.70. The molecule has 0 radical (unpaired) electrons. The zero-order valence-electron chi connectivity index (χ0n) is 11.4. The number of hydrogen-bond acceptors (Lipinski definition) is 3. The third kappa shape index (κ3) is 4.62. The molecule has 19 heavy (non-hydrogen) atoms. The number of aromatic carboxylic acids is 1. The SMILES string of the molecule is COc1cc(NC(=O)CCC(C)C)ccc1C(=O)O. The smallest absolute Gasteiger partial charge is 0.339 e. The first kappa shape index (κ1) is 15.0. The number of rotatable bonds is 6. The van der Waals surface area contributed by atoms with E-state index in [1.54, 1.807) is 6.07 Å². The lowest BCUT2D eigenvalue weighted by Crippen LogP contribution is -2.12. The zero-order valence-corrected chi connectivity index (χ0v) is 11.4. The molecule has 0 heterocycles. The van der Waals surface area contributed by atoms with Crippen molar-refractivity contribution in [1.29, 1.82) is 0 Å². The monoisotopic (exact) mass is 265 g/mol. The molecule has 1 aromatic carbocycles. The van der Waals surface area contributed by atoms with Crippen molar-refractivity contribution >= 4 is 17.6 Å². The van der Waals surface area contributed by atoms with Crippen LogP contribution in [0.3, 0.4) is 0 Å². The van der Waals surface area contributed by atoms with Crippen LogP contribution in [0.25, 0.3) is 0 Å². The molecule has 0 aromatic heterocycles. The van der Waals surface area contributed by atoms with Gasteiger partial charge in [-0.1, -0.05) is 13.8 Å². The fourth-order valence-corrected chi connectivity index (χ4v) is 1.59. The lowest BCUT2D eigenvalue weighted by atomic mass is 10.1. The lowest BCUT2D eigenvalue weighted by molar-refractivity contribution is -0.116. The Morgan fingerprint density at radius 2 is 2.05 bits per heavy atom. The molecule has 0 saturated carbocycles. The Kier molecular flexibility index (Phi) is 5.36. The van der Waals surface area contributed by atoms with E-state index in [4.69, 9.17) is 9.84 Å². The molecule has 0 unspecified atom stereocenters. The molecule has 0 aliphatic carbocycles. The first-order chi connectivity index (χ1) is 8.93. The van der Waals surface area contributed by atoms with Gasteiger partial charge in [0, 0.05) is 18.2 Å². The van der Waals surface area contributed by atoms with Crippen LogP contribution in [-0.2, 0) is 4.79 Å².